The van der Waals surface area contributed by atoms with Crippen LogP contribution in [0.2, 0.25) is 0 Å². The van der Waals surface area contributed by atoms with Gasteiger partial charge in [-0.25, -0.2) is 11.9 Å². The van der Waals surface area contributed by atoms with E-state index in [1.54, 1.807) is 0 Å². The summed E-state index contributed by atoms with van der Waals surface area (Å²) in [6, 6.07) is 13.3. The number of rotatable bonds is 3. The van der Waals surface area contributed by atoms with E-state index in [1.807, 2.05) is 24.3 Å². The Labute approximate surface area is 143 Å². The van der Waals surface area contributed by atoms with Gasteiger partial charge in [-0.05, 0) is 35.4 Å². The van der Waals surface area contributed by atoms with E-state index in [0.717, 1.165) is 37.3 Å². The van der Waals surface area contributed by atoms with Gasteiger partial charge in [0.2, 0.25) is 0 Å². The summed E-state index contributed by atoms with van der Waals surface area (Å²) >= 11 is 2.34. The topological polar surface area (TPSA) is 6.48 Å². The molecule has 1 saturated heterocycles. The van der Waals surface area contributed by atoms with E-state index in [-0.39, 0.29) is 17.7 Å². The van der Waals surface area contributed by atoms with E-state index >= 15 is 0 Å². The largest absolute Gasteiger partial charge is 0.290 e. The van der Waals surface area contributed by atoms with Gasteiger partial charge in [0.15, 0.2) is 0 Å². The van der Waals surface area contributed by atoms with Crippen molar-refractivity contribution in [3.63, 3.8) is 0 Å². The zero-order chi connectivity index (χ0) is 15.5. The smallest absolute Gasteiger partial charge is 0.123 e. The van der Waals surface area contributed by atoms with Gasteiger partial charge in [-0.15, -0.1) is 0 Å². The highest BCUT2D eigenvalue weighted by molar-refractivity contribution is 14.1. The van der Waals surface area contributed by atoms with Crippen molar-refractivity contribution in [2.45, 2.75) is 6.04 Å². The van der Waals surface area contributed by atoms with Crippen molar-refractivity contribution in [3.05, 3.63) is 71.3 Å². The molecule has 1 aliphatic heterocycles. The van der Waals surface area contributed by atoms with Crippen LogP contribution in [0.1, 0.15) is 17.2 Å². The first-order valence-electron chi connectivity index (χ1n) is 7.29. The normalized spacial score (nSPS) is 17.1. The molecule has 0 unspecified atom stereocenters. The van der Waals surface area contributed by atoms with Crippen LogP contribution in [0.5, 0.6) is 0 Å². The molecule has 0 aromatic heterocycles. The van der Waals surface area contributed by atoms with Crippen molar-refractivity contribution in [1.82, 2.24) is 8.01 Å². The SMILES string of the molecule is Fc1ccc(C(c2ccc(F)cc2)N2CCN(I)CC2)cc1. The second kappa shape index (κ2) is 7.02. The maximum Gasteiger partial charge on any atom is 0.123 e. The number of halogens is 3. The summed E-state index contributed by atoms with van der Waals surface area (Å²) in [6.07, 6.45) is 0. The van der Waals surface area contributed by atoms with E-state index in [4.69, 9.17) is 0 Å². The highest BCUT2D eigenvalue weighted by Gasteiger charge is 2.25. The standard InChI is InChI=1S/C17H17F2IN2/c18-15-5-1-13(2-6-15)17(14-3-7-16(19)8-4-14)21-9-11-22(20)12-10-21/h1-8,17H,9-12H2. The summed E-state index contributed by atoms with van der Waals surface area (Å²) in [5, 5.41) is 0. The fourth-order valence-corrected chi connectivity index (χ4v) is 3.29. The molecule has 3 rings (SSSR count). The van der Waals surface area contributed by atoms with Gasteiger partial charge in [-0.2, -0.15) is 0 Å². The molecule has 0 spiro atoms. The molecule has 5 heteroatoms. The Morgan fingerprint density at radius 3 is 1.55 bits per heavy atom. The number of hydrogen-bond donors (Lipinski definition) is 0. The Bertz CT molecular complexity index is 562. The van der Waals surface area contributed by atoms with Crippen LogP contribution in [-0.2, 0) is 0 Å². The first-order valence-corrected chi connectivity index (χ1v) is 8.26. The fourth-order valence-electron chi connectivity index (χ4n) is 2.86. The number of hydrogen-bond acceptors (Lipinski definition) is 2. The third kappa shape index (κ3) is 3.64. The average molecular weight is 414 g/mol. The molecule has 2 nitrogen and oxygen atoms in total. The second-order valence-electron chi connectivity index (χ2n) is 5.45. The third-order valence-electron chi connectivity index (χ3n) is 4.00. The van der Waals surface area contributed by atoms with Crippen LogP contribution in [0, 0.1) is 11.6 Å². The molecular weight excluding hydrogens is 397 g/mol. The molecule has 1 fully saturated rings. The molecule has 1 aliphatic rings. The molecule has 2 aromatic rings. The van der Waals surface area contributed by atoms with Crippen molar-refractivity contribution >= 4 is 22.9 Å². The van der Waals surface area contributed by atoms with Crippen molar-refractivity contribution in [1.29, 1.82) is 0 Å². The molecule has 0 radical (unpaired) electrons. The van der Waals surface area contributed by atoms with Crippen molar-refractivity contribution in [3.8, 4) is 0 Å². The zero-order valence-electron chi connectivity index (χ0n) is 12.1. The van der Waals surface area contributed by atoms with Crippen LogP contribution in [-0.4, -0.2) is 34.2 Å². The molecule has 0 bridgehead atoms. The molecule has 0 aliphatic carbocycles. The van der Waals surface area contributed by atoms with Gasteiger partial charge in [0.05, 0.1) is 6.04 Å². The van der Waals surface area contributed by atoms with Crippen molar-refractivity contribution in [2.24, 2.45) is 0 Å². The van der Waals surface area contributed by atoms with E-state index in [0.29, 0.717) is 0 Å². The van der Waals surface area contributed by atoms with Gasteiger partial charge in [0.25, 0.3) is 0 Å². The lowest BCUT2D eigenvalue weighted by atomic mass is 9.96. The third-order valence-corrected chi connectivity index (χ3v) is 4.96. The maximum atomic E-state index is 13.2. The Morgan fingerprint density at radius 2 is 1.14 bits per heavy atom. The summed E-state index contributed by atoms with van der Waals surface area (Å²) in [5.41, 5.74) is 2.07. The number of nitrogens with zero attached hydrogens (tertiary/aromatic N) is 2. The predicted molar refractivity (Wildman–Crippen MR) is 91.8 cm³/mol. The lowest BCUT2D eigenvalue weighted by molar-refractivity contribution is 0.169. The van der Waals surface area contributed by atoms with Crippen molar-refractivity contribution < 1.29 is 8.78 Å². The first kappa shape index (κ1) is 15.8. The van der Waals surface area contributed by atoms with Gasteiger partial charge in [0.1, 0.15) is 11.6 Å². The minimum atomic E-state index is -0.237. The van der Waals surface area contributed by atoms with Crippen LogP contribution in [0.15, 0.2) is 48.5 Å². The van der Waals surface area contributed by atoms with E-state index < -0.39 is 0 Å². The fraction of sp³-hybridized carbons (Fsp3) is 0.294. The Morgan fingerprint density at radius 1 is 0.727 bits per heavy atom. The molecule has 0 amide bonds. The molecule has 0 N–H and O–H groups in total. The molecule has 2 aromatic carbocycles. The Kier molecular flexibility index (Phi) is 5.05. The van der Waals surface area contributed by atoms with E-state index in [2.05, 4.69) is 30.9 Å². The van der Waals surface area contributed by atoms with Crippen LogP contribution in [0.4, 0.5) is 8.78 Å². The first-order chi connectivity index (χ1) is 10.6. The highest BCUT2D eigenvalue weighted by atomic mass is 127. The van der Waals surface area contributed by atoms with Gasteiger partial charge >= 0.3 is 0 Å². The summed E-state index contributed by atoms with van der Waals surface area (Å²) in [5.74, 6) is -0.475. The number of benzene rings is 2. The van der Waals surface area contributed by atoms with E-state index in [1.165, 1.54) is 24.3 Å². The lowest BCUT2D eigenvalue weighted by Gasteiger charge is -2.37. The molecule has 1 heterocycles. The quantitative estimate of drug-likeness (QED) is 0.553. The average Bonchev–Trinajstić information content (AvgIpc) is 2.53. The summed E-state index contributed by atoms with van der Waals surface area (Å²) in [4.78, 5) is 2.37. The predicted octanol–water partition coefficient (Wildman–Crippen LogP) is 4.02. The summed E-state index contributed by atoms with van der Waals surface area (Å²) in [6.45, 7) is 3.84. The highest BCUT2D eigenvalue weighted by Crippen LogP contribution is 2.30. The van der Waals surface area contributed by atoms with Gasteiger partial charge in [-0.3, -0.25) is 4.90 Å². The van der Waals surface area contributed by atoms with Crippen LogP contribution in [0.3, 0.4) is 0 Å². The van der Waals surface area contributed by atoms with Crippen LogP contribution in [0.25, 0.3) is 0 Å². The van der Waals surface area contributed by atoms with E-state index in [9.17, 15) is 8.78 Å². The monoisotopic (exact) mass is 414 g/mol. The Balaban J connectivity index is 1.94. The molecule has 22 heavy (non-hydrogen) atoms. The molecule has 116 valence electrons. The minimum Gasteiger partial charge on any atom is -0.290 e. The van der Waals surface area contributed by atoms with Gasteiger partial charge in [-0.1, -0.05) is 24.3 Å². The second-order valence-corrected chi connectivity index (χ2v) is 6.82. The van der Waals surface area contributed by atoms with Gasteiger partial charge < -0.3 is 0 Å². The lowest BCUT2D eigenvalue weighted by Crippen LogP contribution is -2.44. The Hall–Kier alpha value is -1.05. The van der Waals surface area contributed by atoms with Crippen LogP contribution < -0.4 is 0 Å². The molecular formula is C17H17F2IN2. The maximum absolute atomic E-state index is 13.2. The zero-order valence-corrected chi connectivity index (χ0v) is 14.2. The molecule has 0 saturated carbocycles. The molecule has 0 atom stereocenters. The van der Waals surface area contributed by atoms with Crippen LogP contribution >= 0.6 is 22.9 Å². The van der Waals surface area contributed by atoms with Gasteiger partial charge in [0, 0.05) is 49.0 Å². The minimum absolute atomic E-state index is 0.0336. The number of piperazine rings is 1. The van der Waals surface area contributed by atoms with Crippen molar-refractivity contribution in [2.75, 3.05) is 26.2 Å². The summed E-state index contributed by atoms with van der Waals surface area (Å²) in [7, 11) is 0. The summed E-state index contributed by atoms with van der Waals surface area (Å²) < 4.78 is 28.7.